The second kappa shape index (κ2) is 9.33. The molecular weight excluding hydrogens is 432 g/mol. The molecule has 4 rings (SSSR count). The molecule has 0 aliphatic carbocycles. The molecule has 164 valence electrons. The number of halogens is 1. The molecule has 1 saturated heterocycles. The van der Waals surface area contributed by atoms with Gasteiger partial charge in [0.1, 0.15) is 12.3 Å². The summed E-state index contributed by atoms with van der Waals surface area (Å²) in [4.78, 5) is 39.4. The van der Waals surface area contributed by atoms with Crippen LogP contribution in [0.15, 0.2) is 59.5 Å². The number of ketones is 1. The summed E-state index contributed by atoms with van der Waals surface area (Å²) in [7, 11) is 3.72. The Kier molecular flexibility index (Phi) is 6.34. The second-order valence-corrected chi connectivity index (χ2v) is 7.83. The van der Waals surface area contributed by atoms with Crippen LogP contribution in [0, 0.1) is 5.92 Å². The second-order valence-electron chi connectivity index (χ2n) is 7.42. The number of fused-ring (bicyclic) bond motifs is 1. The molecule has 1 N–H and O–H groups in total. The number of hydrogen-bond acceptors (Lipinski definition) is 7. The molecule has 1 fully saturated rings. The number of pyridine rings is 1. The number of Topliss-reactive ketones (excluding diaryl/α,β-unsaturated/α-hetero) is 1. The van der Waals surface area contributed by atoms with E-state index in [1.807, 2.05) is 25.1 Å². The summed E-state index contributed by atoms with van der Waals surface area (Å²) < 4.78 is 11.1. The van der Waals surface area contributed by atoms with Crippen molar-refractivity contribution in [2.75, 3.05) is 27.2 Å². The molecular formula is C23H21ClN4O4. The number of aromatic amines is 1. The van der Waals surface area contributed by atoms with E-state index in [1.165, 1.54) is 0 Å². The van der Waals surface area contributed by atoms with Crippen molar-refractivity contribution in [2.45, 2.75) is 0 Å². The SMILES string of the molecule is CN(C)CCOC(=O)C1C(=O)/C(=C/c2c[nH]c3ncccc23)OC1=Nc1ccccc1Cl. The number of para-hydroxylation sites is 1. The zero-order chi connectivity index (χ0) is 22.7. The third-order valence-electron chi connectivity index (χ3n) is 4.84. The number of benzene rings is 1. The molecule has 1 aliphatic heterocycles. The first-order valence-electron chi connectivity index (χ1n) is 9.94. The molecule has 32 heavy (non-hydrogen) atoms. The number of allylic oxidation sites excluding steroid dienone is 1. The molecule has 1 aliphatic rings. The normalized spacial score (nSPS) is 18.6. The number of rotatable bonds is 6. The summed E-state index contributed by atoms with van der Waals surface area (Å²) >= 11 is 6.21. The number of carbonyl (C=O) groups excluding carboxylic acids is 2. The van der Waals surface area contributed by atoms with Gasteiger partial charge in [-0.1, -0.05) is 23.7 Å². The average molecular weight is 453 g/mol. The van der Waals surface area contributed by atoms with Gasteiger partial charge < -0.3 is 19.4 Å². The number of ether oxygens (including phenoxy) is 2. The number of aliphatic imine (C=N–C) groups is 1. The van der Waals surface area contributed by atoms with E-state index < -0.39 is 17.7 Å². The molecule has 8 nitrogen and oxygen atoms in total. The summed E-state index contributed by atoms with van der Waals surface area (Å²) in [5, 5.41) is 1.19. The Morgan fingerprint density at radius 2 is 2.12 bits per heavy atom. The van der Waals surface area contributed by atoms with Gasteiger partial charge >= 0.3 is 5.97 Å². The maximum Gasteiger partial charge on any atom is 0.326 e. The lowest BCUT2D eigenvalue weighted by Crippen LogP contribution is -2.30. The molecule has 0 bridgehead atoms. The monoisotopic (exact) mass is 452 g/mol. The number of hydrogen-bond donors (Lipinski definition) is 1. The minimum absolute atomic E-state index is 0.00452. The summed E-state index contributed by atoms with van der Waals surface area (Å²) in [5.41, 5.74) is 1.77. The van der Waals surface area contributed by atoms with Gasteiger partial charge in [-0.25, -0.2) is 9.98 Å². The van der Waals surface area contributed by atoms with Crippen molar-refractivity contribution in [3.05, 3.63) is 65.1 Å². The summed E-state index contributed by atoms with van der Waals surface area (Å²) in [5.74, 6) is -2.61. The van der Waals surface area contributed by atoms with Crippen molar-refractivity contribution < 1.29 is 19.1 Å². The van der Waals surface area contributed by atoms with Crippen LogP contribution in [0.5, 0.6) is 0 Å². The third kappa shape index (κ3) is 4.56. The highest BCUT2D eigenvalue weighted by molar-refractivity contribution is 6.33. The quantitative estimate of drug-likeness (QED) is 0.348. The van der Waals surface area contributed by atoms with E-state index in [2.05, 4.69) is 15.0 Å². The number of nitrogens with one attached hydrogen (secondary N) is 1. The van der Waals surface area contributed by atoms with Crippen LogP contribution in [0.2, 0.25) is 5.02 Å². The maximum absolute atomic E-state index is 13.1. The van der Waals surface area contributed by atoms with Gasteiger partial charge in [-0.05, 0) is 44.4 Å². The van der Waals surface area contributed by atoms with Gasteiger partial charge in [0.05, 0.1) is 10.7 Å². The Bertz CT molecular complexity index is 1230. The lowest BCUT2D eigenvalue weighted by molar-refractivity contribution is -0.148. The zero-order valence-corrected chi connectivity index (χ0v) is 18.3. The van der Waals surface area contributed by atoms with Crippen LogP contribution in [0.25, 0.3) is 17.1 Å². The standard InChI is InChI=1S/C23H21ClN4O4/c1-28(2)10-11-31-23(30)19-20(29)18(12-14-13-26-21-15(14)6-5-9-25-21)32-22(19)27-17-8-4-3-7-16(17)24/h3-9,12-13,19H,10-11H2,1-2H3,(H,25,26)/b18-12-,27-22?. The van der Waals surface area contributed by atoms with E-state index in [0.717, 1.165) is 5.39 Å². The first-order valence-corrected chi connectivity index (χ1v) is 10.3. The summed E-state index contributed by atoms with van der Waals surface area (Å²) in [6, 6.07) is 10.5. The van der Waals surface area contributed by atoms with Gasteiger partial charge in [-0.15, -0.1) is 0 Å². The van der Waals surface area contributed by atoms with Crippen LogP contribution in [0.3, 0.4) is 0 Å². The Labute approximate surface area is 189 Å². The van der Waals surface area contributed by atoms with E-state index >= 15 is 0 Å². The lowest BCUT2D eigenvalue weighted by atomic mass is 10.0. The van der Waals surface area contributed by atoms with E-state index in [4.69, 9.17) is 21.1 Å². The van der Waals surface area contributed by atoms with Gasteiger partial charge in [0.2, 0.25) is 11.7 Å². The Balaban J connectivity index is 1.69. The Morgan fingerprint density at radius 1 is 1.31 bits per heavy atom. The first-order chi connectivity index (χ1) is 15.4. The number of H-pyrrole nitrogens is 1. The van der Waals surface area contributed by atoms with Crippen LogP contribution in [-0.4, -0.2) is 59.8 Å². The fourth-order valence-electron chi connectivity index (χ4n) is 3.18. The van der Waals surface area contributed by atoms with Gasteiger partial charge in [0.15, 0.2) is 11.7 Å². The number of carbonyl (C=O) groups is 2. The average Bonchev–Trinajstić information content (AvgIpc) is 3.31. The molecule has 2 aromatic heterocycles. The highest BCUT2D eigenvalue weighted by Gasteiger charge is 2.45. The zero-order valence-electron chi connectivity index (χ0n) is 17.5. The molecule has 1 aromatic carbocycles. The molecule has 3 heterocycles. The first kappa shape index (κ1) is 21.7. The topological polar surface area (TPSA) is 96.9 Å². The molecule has 0 saturated carbocycles. The Morgan fingerprint density at radius 3 is 2.91 bits per heavy atom. The number of nitrogens with zero attached hydrogens (tertiary/aromatic N) is 3. The molecule has 1 atom stereocenters. The lowest BCUT2D eigenvalue weighted by Gasteiger charge is -2.11. The van der Waals surface area contributed by atoms with E-state index in [-0.39, 0.29) is 18.3 Å². The molecule has 0 amide bonds. The van der Waals surface area contributed by atoms with E-state index in [1.54, 1.807) is 48.8 Å². The van der Waals surface area contributed by atoms with Crippen molar-refractivity contribution in [1.82, 2.24) is 14.9 Å². The van der Waals surface area contributed by atoms with E-state index in [9.17, 15) is 9.59 Å². The molecule has 3 aromatic rings. The number of esters is 1. The van der Waals surface area contributed by atoms with Crippen molar-refractivity contribution >= 4 is 52.0 Å². The Hall–Kier alpha value is -3.49. The van der Waals surface area contributed by atoms with Crippen LogP contribution in [0.1, 0.15) is 5.56 Å². The van der Waals surface area contributed by atoms with Gasteiger partial charge in [0.25, 0.3) is 0 Å². The van der Waals surface area contributed by atoms with Gasteiger partial charge in [-0.2, -0.15) is 0 Å². The largest absolute Gasteiger partial charge is 0.463 e. The van der Waals surface area contributed by atoms with Crippen molar-refractivity contribution in [2.24, 2.45) is 10.9 Å². The molecule has 0 spiro atoms. The van der Waals surface area contributed by atoms with Crippen molar-refractivity contribution in [3.63, 3.8) is 0 Å². The van der Waals surface area contributed by atoms with Crippen molar-refractivity contribution in [1.29, 1.82) is 0 Å². The minimum atomic E-state index is -1.30. The number of likely N-dealkylation sites (N-methyl/N-ethyl adjacent to an activating group) is 1. The van der Waals surface area contributed by atoms with E-state index in [0.29, 0.717) is 28.5 Å². The molecule has 9 heteroatoms. The van der Waals surface area contributed by atoms with Crippen molar-refractivity contribution in [3.8, 4) is 0 Å². The van der Waals surface area contributed by atoms with Crippen LogP contribution >= 0.6 is 11.6 Å². The molecule has 1 unspecified atom stereocenters. The molecule has 0 radical (unpaired) electrons. The highest BCUT2D eigenvalue weighted by Crippen LogP contribution is 2.31. The maximum atomic E-state index is 13.1. The predicted molar refractivity (Wildman–Crippen MR) is 122 cm³/mol. The minimum Gasteiger partial charge on any atom is -0.463 e. The fraction of sp³-hybridized carbons (Fsp3) is 0.217. The van der Waals surface area contributed by atoms with Crippen LogP contribution in [0.4, 0.5) is 5.69 Å². The smallest absolute Gasteiger partial charge is 0.326 e. The van der Waals surface area contributed by atoms with Gasteiger partial charge in [0, 0.05) is 29.9 Å². The van der Waals surface area contributed by atoms with Crippen LogP contribution in [-0.2, 0) is 19.1 Å². The summed E-state index contributed by atoms with van der Waals surface area (Å²) in [6.07, 6.45) is 4.95. The summed E-state index contributed by atoms with van der Waals surface area (Å²) in [6.45, 7) is 0.664. The fourth-order valence-corrected chi connectivity index (χ4v) is 3.36. The highest BCUT2D eigenvalue weighted by atomic mass is 35.5. The number of aromatic nitrogens is 2. The predicted octanol–water partition coefficient (Wildman–Crippen LogP) is 3.61. The third-order valence-corrected chi connectivity index (χ3v) is 5.16. The van der Waals surface area contributed by atoms with Crippen LogP contribution < -0.4 is 0 Å². The van der Waals surface area contributed by atoms with Gasteiger partial charge in [-0.3, -0.25) is 9.59 Å².